The van der Waals surface area contributed by atoms with Crippen LogP contribution in [0.3, 0.4) is 0 Å². The van der Waals surface area contributed by atoms with Gasteiger partial charge in [0, 0.05) is 17.3 Å². The maximum atomic E-state index is 8.23. The summed E-state index contributed by atoms with van der Waals surface area (Å²) < 4.78 is 8.23. The van der Waals surface area contributed by atoms with Crippen LogP contribution in [0.2, 0.25) is 0 Å². The van der Waals surface area contributed by atoms with Crippen molar-refractivity contribution in [2.24, 2.45) is 10.2 Å². The zero-order chi connectivity index (χ0) is 18.7. The van der Waals surface area contributed by atoms with Crippen molar-refractivity contribution in [1.29, 1.82) is 0 Å². The molecule has 0 fully saturated rings. The van der Waals surface area contributed by atoms with Gasteiger partial charge in [-0.2, -0.15) is 16.0 Å². The van der Waals surface area contributed by atoms with E-state index in [0.29, 0.717) is 0 Å². The summed E-state index contributed by atoms with van der Waals surface area (Å²) in [6.07, 6.45) is 11.2. The molecule has 2 aliphatic heterocycles. The van der Waals surface area contributed by atoms with E-state index in [1.54, 1.807) is 17.0 Å². The molecule has 24 heavy (non-hydrogen) atoms. The number of aromatic nitrogens is 2. The van der Waals surface area contributed by atoms with E-state index in [1.807, 2.05) is 51.8 Å². The molecule has 0 atom stereocenters. The Hall–Kier alpha value is -0.307. The zero-order valence-electron chi connectivity index (χ0n) is 13.3. The number of nitrogens with two attached hydrogens (primary N) is 2. The summed E-state index contributed by atoms with van der Waals surface area (Å²) in [4.78, 5) is 0. The van der Waals surface area contributed by atoms with Crippen molar-refractivity contribution in [1.82, 2.24) is 10.2 Å². The van der Waals surface area contributed by atoms with E-state index in [9.17, 15) is 0 Å². The predicted molar refractivity (Wildman–Crippen MR) is 97.3 cm³/mol. The normalized spacial score (nSPS) is 16.2. The molecule has 0 aromatic carbocycles. The van der Waals surface area contributed by atoms with Crippen molar-refractivity contribution in [2.45, 2.75) is 20.8 Å². The average Bonchev–Trinajstić information content (AvgIpc) is 3.13. The van der Waals surface area contributed by atoms with Gasteiger partial charge in [-0.3, -0.25) is 5.10 Å². The number of hydrogen-bond acceptors (Lipinski definition) is 4. The topological polar surface area (TPSA) is 107 Å². The van der Waals surface area contributed by atoms with E-state index < -0.39 is 10.00 Å². The second-order valence-corrected chi connectivity index (χ2v) is 24.3. The fourth-order valence-corrected chi connectivity index (χ4v) is 1.04. The van der Waals surface area contributed by atoms with Crippen LogP contribution in [0, 0.1) is 6.92 Å². The maximum absolute atomic E-state index is 8.23. The van der Waals surface area contributed by atoms with E-state index in [-0.39, 0.29) is 0 Å². The first kappa shape index (κ1) is 23.7. The summed E-state index contributed by atoms with van der Waals surface area (Å²) in [5, 5.41) is 14.0. The van der Waals surface area contributed by atoms with E-state index in [1.165, 1.54) is 16.7 Å². The predicted octanol–water partition coefficient (Wildman–Crippen LogP) is 1.82. The van der Waals surface area contributed by atoms with Gasteiger partial charge in [-0.1, -0.05) is 10.2 Å². The SMILES string of the molecule is CC1=C[NH2+]N=C1.CC1=C[NH2+]N=C1.Cc1cn[nH]c1.[OH][Ru-2]([Cl])([Cl])([Cl])[Cl]. The summed E-state index contributed by atoms with van der Waals surface area (Å²) >= 11 is 0. The van der Waals surface area contributed by atoms with Crippen LogP contribution in [0.1, 0.15) is 19.4 Å². The van der Waals surface area contributed by atoms with Gasteiger partial charge in [0.25, 0.3) is 0 Å². The number of halogens is 4. The first-order valence-corrected chi connectivity index (χ1v) is 16.1. The molecule has 141 valence electrons. The second kappa shape index (κ2) is 11.3. The van der Waals surface area contributed by atoms with Gasteiger partial charge in [0.1, 0.15) is 12.4 Å². The van der Waals surface area contributed by atoms with Crippen LogP contribution < -0.4 is 10.9 Å². The molecule has 3 heterocycles. The minimum atomic E-state index is -4.59. The summed E-state index contributed by atoms with van der Waals surface area (Å²) in [6, 6.07) is 0. The number of aromatic amines is 1. The van der Waals surface area contributed by atoms with Crippen molar-refractivity contribution in [3.63, 3.8) is 0 Å². The number of allylic oxidation sites excluding steroid dienone is 2. The molecular weight excluding hydrogens is 487 g/mol. The number of hydrogen-bond donors (Lipinski definition) is 4. The van der Waals surface area contributed by atoms with Gasteiger partial charge in [0.15, 0.2) is 0 Å². The molecule has 0 aliphatic carbocycles. The fourth-order valence-electron chi connectivity index (χ4n) is 1.04. The van der Waals surface area contributed by atoms with Crippen molar-refractivity contribution < 1.29 is 24.8 Å². The molecule has 12 heteroatoms. The Balaban J connectivity index is 0.000000294. The van der Waals surface area contributed by atoms with Crippen molar-refractivity contribution in [3.8, 4) is 0 Å². The second-order valence-electron chi connectivity index (χ2n) is 4.49. The van der Waals surface area contributed by atoms with E-state index >= 15 is 0 Å². The first-order valence-electron chi connectivity index (χ1n) is 6.39. The number of aryl methyl sites for hydroxylation is 1. The van der Waals surface area contributed by atoms with Crippen LogP contribution in [-0.2, 0) is 10.00 Å². The van der Waals surface area contributed by atoms with Crippen LogP contribution in [0.25, 0.3) is 0 Å². The summed E-state index contributed by atoms with van der Waals surface area (Å²) in [7, 11) is 14.7. The number of H-pyrrole nitrogens is 1. The van der Waals surface area contributed by atoms with Gasteiger partial charge in [0.05, 0.1) is 18.6 Å². The molecular formula is C12H21Cl4N6ORu. The Bertz CT molecular complexity index is 554. The third-order valence-corrected chi connectivity index (χ3v) is 2.04. The number of rotatable bonds is 0. The first-order chi connectivity index (χ1) is 10.9. The molecule has 0 unspecified atom stereocenters. The Kier molecular flexibility index (Phi) is 11.2. The van der Waals surface area contributed by atoms with E-state index in [0.717, 1.165) is 0 Å². The summed E-state index contributed by atoms with van der Waals surface area (Å²) in [6.45, 7) is 6.03. The Labute approximate surface area is 158 Å². The van der Waals surface area contributed by atoms with Gasteiger partial charge in [-0.25, -0.2) is 0 Å². The Morgan fingerprint density at radius 3 is 1.46 bits per heavy atom. The molecule has 0 saturated carbocycles. The molecule has 2 aliphatic rings. The fraction of sp³-hybridized carbons (Fsp3) is 0.250. The quantitative estimate of drug-likeness (QED) is 0.317. The van der Waals surface area contributed by atoms with E-state index in [4.69, 9.17) is 42.7 Å². The van der Waals surface area contributed by atoms with Crippen LogP contribution >= 0.6 is 38.8 Å². The molecule has 3 rings (SSSR count). The van der Waals surface area contributed by atoms with Crippen LogP contribution in [0.5, 0.6) is 0 Å². The van der Waals surface area contributed by atoms with Gasteiger partial charge in [0.2, 0.25) is 0 Å². The summed E-state index contributed by atoms with van der Waals surface area (Å²) in [5.41, 5.74) is 7.21. The molecule has 0 saturated heterocycles. The third-order valence-electron chi connectivity index (χ3n) is 2.04. The summed E-state index contributed by atoms with van der Waals surface area (Å²) in [5.74, 6) is 0. The molecule has 1 aromatic rings. The zero-order valence-corrected chi connectivity index (χ0v) is 18.0. The molecule has 0 radical (unpaired) electrons. The Morgan fingerprint density at radius 1 is 0.958 bits per heavy atom. The number of quaternary nitrogens is 2. The van der Waals surface area contributed by atoms with Crippen LogP contribution in [0.15, 0.2) is 46.1 Å². The number of nitrogens with one attached hydrogen (secondary N) is 1. The van der Waals surface area contributed by atoms with Gasteiger partial charge in [-0.15, -0.1) is 0 Å². The molecule has 1 aromatic heterocycles. The van der Waals surface area contributed by atoms with Gasteiger partial charge >= 0.3 is 52.7 Å². The Morgan fingerprint density at radius 2 is 1.38 bits per heavy atom. The van der Waals surface area contributed by atoms with Crippen molar-refractivity contribution in [3.05, 3.63) is 41.5 Å². The molecule has 0 spiro atoms. The molecule has 0 amide bonds. The molecule has 6 N–H and O–H groups in total. The van der Waals surface area contributed by atoms with Gasteiger partial charge < -0.3 is 0 Å². The molecule has 0 bridgehead atoms. The monoisotopic (exact) mass is 507 g/mol. The minimum absolute atomic E-state index is 1.18. The number of nitrogens with zero attached hydrogens (tertiary/aromatic N) is 3. The van der Waals surface area contributed by atoms with Crippen LogP contribution in [-0.4, -0.2) is 26.6 Å². The van der Waals surface area contributed by atoms with Crippen molar-refractivity contribution in [2.75, 3.05) is 0 Å². The van der Waals surface area contributed by atoms with Crippen LogP contribution in [0.4, 0.5) is 0 Å². The average molecular weight is 508 g/mol. The van der Waals surface area contributed by atoms with Gasteiger partial charge in [-0.05, 0) is 26.3 Å². The standard InChI is InChI=1S/3C4H6N2.4ClH.H2O.Ru/c3*1-4-2-5-6-3-4;;;;;;/h3*2-3H,1H3,(H,5,6);4*1H;1H2;/q;;;;;;;;+3/p-3. The van der Waals surface area contributed by atoms with E-state index in [2.05, 4.69) is 20.4 Å². The van der Waals surface area contributed by atoms with Crippen molar-refractivity contribution >= 4 is 51.2 Å². The molecule has 7 nitrogen and oxygen atoms in total. The third kappa shape index (κ3) is 21.7.